The zero-order chi connectivity index (χ0) is 15.6. The van der Waals surface area contributed by atoms with Gasteiger partial charge in [0, 0.05) is 19.5 Å². The number of carboxylic acids is 1. The number of likely N-dealkylation sites (tertiary alicyclic amines) is 1. The monoisotopic (exact) mass is 312 g/mol. The molecule has 7 nitrogen and oxygen atoms in total. The average molecular weight is 312 g/mol. The second-order valence-corrected chi connectivity index (χ2v) is 7.13. The number of urea groups is 1. The molecule has 2 heterocycles. The number of aromatic nitrogens is 2. The number of nitrogens with zero attached hydrogens (tertiary/aromatic N) is 3. The van der Waals surface area contributed by atoms with Gasteiger partial charge < -0.3 is 10.0 Å². The first-order valence-corrected chi connectivity index (χ1v) is 7.73. The van der Waals surface area contributed by atoms with Crippen molar-refractivity contribution < 1.29 is 14.7 Å². The lowest BCUT2D eigenvalue weighted by atomic mass is 9.90. The summed E-state index contributed by atoms with van der Waals surface area (Å²) in [6.07, 6.45) is 1.29. The Morgan fingerprint density at radius 2 is 2.19 bits per heavy atom. The lowest BCUT2D eigenvalue weighted by Crippen LogP contribution is -2.37. The van der Waals surface area contributed by atoms with Crippen LogP contribution in [0.5, 0.6) is 0 Å². The molecule has 0 aromatic carbocycles. The third-order valence-electron chi connectivity index (χ3n) is 3.54. The fourth-order valence-electron chi connectivity index (χ4n) is 2.22. The molecule has 0 bridgehead atoms. The Kier molecular flexibility index (Phi) is 4.46. The molecule has 2 N–H and O–H groups in total. The van der Waals surface area contributed by atoms with Gasteiger partial charge in [0.05, 0.1) is 5.41 Å². The molecule has 1 unspecified atom stereocenters. The van der Waals surface area contributed by atoms with Crippen LogP contribution in [0.15, 0.2) is 0 Å². The maximum Gasteiger partial charge on any atom is 0.323 e. The second kappa shape index (κ2) is 5.97. The summed E-state index contributed by atoms with van der Waals surface area (Å²) in [6, 6.07) is -0.313. The van der Waals surface area contributed by atoms with Gasteiger partial charge in [-0.2, -0.15) is 0 Å². The molecule has 1 atom stereocenters. The van der Waals surface area contributed by atoms with E-state index in [4.69, 9.17) is 0 Å². The van der Waals surface area contributed by atoms with E-state index in [2.05, 4.69) is 29.4 Å². The van der Waals surface area contributed by atoms with Gasteiger partial charge in [0.1, 0.15) is 5.01 Å². The summed E-state index contributed by atoms with van der Waals surface area (Å²) in [5.41, 5.74) is -0.860. The number of anilines is 1. The van der Waals surface area contributed by atoms with E-state index in [0.717, 1.165) is 11.4 Å². The minimum atomic E-state index is -0.868. The molecule has 0 radical (unpaired) electrons. The van der Waals surface area contributed by atoms with Crippen LogP contribution in [0.1, 0.15) is 32.2 Å². The van der Waals surface area contributed by atoms with Crippen molar-refractivity contribution >= 4 is 28.5 Å². The Balaban J connectivity index is 1.93. The first-order valence-electron chi connectivity index (χ1n) is 6.92. The maximum atomic E-state index is 12.1. The zero-order valence-electron chi connectivity index (χ0n) is 12.4. The Bertz CT molecular complexity index is 545. The molecular formula is C13H20N4O3S. The third-order valence-corrected chi connectivity index (χ3v) is 4.40. The van der Waals surface area contributed by atoms with Crippen LogP contribution in [0.3, 0.4) is 0 Å². The molecule has 8 heteroatoms. The number of carbonyl (C=O) groups is 2. The molecule has 1 aliphatic rings. The molecule has 1 aromatic rings. The highest BCUT2D eigenvalue weighted by Gasteiger charge is 2.42. The minimum Gasteiger partial charge on any atom is -0.481 e. The molecule has 0 aliphatic carbocycles. The normalized spacial score (nSPS) is 21.8. The third kappa shape index (κ3) is 3.69. The van der Waals surface area contributed by atoms with Crippen LogP contribution in [0.2, 0.25) is 0 Å². The molecule has 1 saturated heterocycles. The molecule has 2 rings (SSSR count). The van der Waals surface area contributed by atoms with Crippen molar-refractivity contribution in [2.45, 2.75) is 33.6 Å². The maximum absolute atomic E-state index is 12.1. The lowest BCUT2D eigenvalue weighted by Gasteiger charge is -2.19. The standard InChI is InChI=1S/C13H20N4O3S/c1-8(2)6-9-15-16-11(21-9)14-12(20)17-5-4-13(3,7-17)10(18)19/h8H,4-7H2,1-3H3,(H,18,19)(H,14,16,20). The van der Waals surface area contributed by atoms with E-state index in [1.54, 1.807) is 6.92 Å². The number of rotatable bonds is 4. The van der Waals surface area contributed by atoms with Gasteiger partial charge in [-0.25, -0.2) is 4.79 Å². The molecule has 2 amide bonds. The summed E-state index contributed by atoms with van der Waals surface area (Å²) >= 11 is 1.36. The second-order valence-electron chi connectivity index (χ2n) is 6.07. The predicted molar refractivity (Wildman–Crippen MR) is 79.4 cm³/mol. The van der Waals surface area contributed by atoms with Crippen LogP contribution in [-0.2, 0) is 11.2 Å². The minimum absolute atomic E-state index is 0.214. The smallest absolute Gasteiger partial charge is 0.323 e. The van der Waals surface area contributed by atoms with Crippen LogP contribution in [-0.4, -0.2) is 45.3 Å². The van der Waals surface area contributed by atoms with Gasteiger partial charge in [0.2, 0.25) is 5.13 Å². The van der Waals surface area contributed by atoms with Gasteiger partial charge in [-0.3, -0.25) is 10.1 Å². The number of carboxylic acid groups (broad SMARTS) is 1. The quantitative estimate of drug-likeness (QED) is 0.887. The van der Waals surface area contributed by atoms with Crippen LogP contribution >= 0.6 is 11.3 Å². The molecule has 1 fully saturated rings. The van der Waals surface area contributed by atoms with Gasteiger partial charge in [0.25, 0.3) is 0 Å². The Morgan fingerprint density at radius 3 is 2.76 bits per heavy atom. The molecule has 1 aromatic heterocycles. The molecular weight excluding hydrogens is 292 g/mol. The predicted octanol–water partition coefficient (Wildman–Crippen LogP) is 2.07. The van der Waals surface area contributed by atoms with E-state index in [-0.39, 0.29) is 12.6 Å². The highest BCUT2D eigenvalue weighted by Crippen LogP contribution is 2.30. The summed E-state index contributed by atoms with van der Waals surface area (Å²) < 4.78 is 0. The van der Waals surface area contributed by atoms with Gasteiger partial charge >= 0.3 is 12.0 Å². The fourth-order valence-corrected chi connectivity index (χ4v) is 3.16. The zero-order valence-corrected chi connectivity index (χ0v) is 13.2. The summed E-state index contributed by atoms with van der Waals surface area (Å²) in [5.74, 6) is -0.385. The fraction of sp³-hybridized carbons (Fsp3) is 0.692. The van der Waals surface area contributed by atoms with Gasteiger partial charge in [-0.15, -0.1) is 10.2 Å². The van der Waals surface area contributed by atoms with E-state index < -0.39 is 11.4 Å². The highest BCUT2D eigenvalue weighted by molar-refractivity contribution is 7.15. The molecule has 1 aliphatic heterocycles. The number of hydrogen-bond acceptors (Lipinski definition) is 5. The van der Waals surface area contributed by atoms with Gasteiger partial charge in [-0.05, 0) is 19.3 Å². The van der Waals surface area contributed by atoms with Crippen molar-refractivity contribution in [3.8, 4) is 0 Å². The van der Waals surface area contributed by atoms with E-state index >= 15 is 0 Å². The van der Waals surface area contributed by atoms with E-state index in [1.807, 2.05) is 0 Å². The van der Waals surface area contributed by atoms with Crippen LogP contribution in [0.25, 0.3) is 0 Å². The van der Waals surface area contributed by atoms with Crippen molar-refractivity contribution in [2.24, 2.45) is 11.3 Å². The first kappa shape index (κ1) is 15.7. The molecule has 21 heavy (non-hydrogen) atoms. The van der Waals surface area contributed by atoms with Gasteiger partial charge in [-0.1, -0.05) is 25.2 Å². The van der Waals surface area contributed by atoms with E-state index in [1.165, 1.54) is 16.2 Å². The number of hydrogen-bond donors (Lipinski definition) is 2. The average Bonchev–Trinajstić information content (AvgIpc) is 2.96. The SMILES string of the molecule is CC(C)Cc1nnc(NC(=O)N2CCC(C)(C(=O)O)C2)s1. The van der Waals surface area contributed by atoms with Crippen molar-refractivity contribution in [1.29, 1.82) is 0 Å². The summed E-state index contributed by atoms with van der Waals surface area (Å²) in [6.45, 7) is 6.50. The van der Waals surface area contributed by atoms with Crippen LogP contribution in [0, 0.1) is 11.3 Å². The number of amides is 2. The van der Waals surface area contributed by atoms with Crippen molar-refractivity contribution in [3.05, 3.63) is 5.01 Å². The first-order chi connectivity index (χ1) is 9.80. The molecule has 116 valence electrons. The Hall–Kier alpha value is -1.70. The van der Waals surface area contributed by atoms with Crippen molar-refractivity contribution in [3.63, 3.8) is 0 Å². The Morgan fingerprint density at radius 1 is 1.48 bits per heavy atom. The van der Waals surface area contributed by atoms with E-state index in [9.17, 15) is 14.7 Å². The topological polar surface area (TPSA) is 95.4 Å². The summed E-state index contributed by atoms with van der Waals surface area (Å²) in [5, 5.41) is 21.2. The van der Waals surface area contributed by atoms with Gasteiger partial charge in [0.15, 0.2) is 0 Å². The number of carbonyl (C=O) groups excluding carboxylic acids is 1. The van der Waals surface area contributed by atoms with Crippen LogP contribution < -0.4 is 5.32 Å². The van der Waals surface area contributed by atoms with Crippen molar-refractivity contribution in [1.82, 2.24) is 15.1 Å². The lowest BCUT2D eigenvalue weighted by molar-refractivity contribution is -0.146. The van der Waals surface area contributed by atoms with Crippen LogP contribution in [0.4, 0.5) is 9.93 Å². The largest absolute Gasteiger partial charge is 0.481 e. The number of nitrogens with one attached hydrogen (secondary N) is 1. The summed E-state index contributed by atoms with van der Waals surface area (Å²) in [7, 11) is 0. The molecule has 0 saturated carbocycles. The van der Waals surface area contributed by atoms with Crippen molar-refractivity contribution in [2.75, 3.05) is 18.4 Å². The highest BCUT2D eigenvalue weighted by atomic mass is 32.1. The number of aliphatic carboxylic acids is 1. The summed E-state index contributed by atoms with van der Waals surface area (Å²) in [4.78, 5) is 24.8. The molecule has 0 spiro atoms. The van der Waals surface area contributed by atoms with E-state index in [0.29, 0.717) is 24.0 Å². The Labute approximate surface area is 127 Å².